The molecular weight excluding hydrogens is 510 g/mol. The van der Waals surface area contributed by atoms with Crippen LogP contribution in [0.5, 0.6) is 11.5 Å². The van der Waals surface area contributed by atoms with E-state index in [4.69, 9.17) is 25.8 Å². The smallest absolute Gasteiger partial charge is 0.409 e. The molecule has 2 heterocycles. The largest absolute Gasteiger partial charge is 0.494 e. The van der Waals surface area contributed by atoms with Crippen LogP contribution in [0.25, 0.3) is 0 Å². The van der Waals surface area contributed by atoms with Gasteiger partial charge in [-0.25, -0.2) is 4.79 Å². The number of hydrogen-bond donors (Lipinski definition) is 3. The number of hydrogen-bond acceptors (Lipinski definition) is 9. The summed E-state index contributed by atoms with van der Waals surface area (Å²) in [6, 6.07) is 0.851. The maximum absolute atomic E-state index is 13.6. The van der Waals surface area contributed by atoms with Crippen LogP contribution in [-0.2, 0) is 9.53 Å². The van der Waals surface area contributed by atoms with Gasteiger partial charge in [0.05, 0.1) is 30.8 Å². The van der Waals surface area contributed by atoms with Crippen molar-refractivity contribution in [1.82, 2.24) is 20.9 Å². The zero-order valence-corrected chi connectivity index (χ0v) is 21.8. The number of ether oxygens (including phenoxy) is 3. The highest BCUT2D eigenvalue weighted by Gasteiger charge is 2.44. The number of methoxy groups -OCH3 is 2. The quantitative estimate of drug-likeness (QED) is 0.329. The Morgan fingerprint density at radius 1 is 1.19 bits per heavy atom. The minimum atomic E-state index is -1.28. The van der Waals surface area contributed by atoms with Crippen LogP contribution in [-0.4, -0.2) is 86.3 Å². The van der Waals surface area contributed by atoms with Crippen molar-refractivity contribution in [3.05, 3.63) is 26.8 Å². The maximum atomic E-state index is 13.6. The van der Waals surface area contributed by atoms with Gasteiger partial charge in [-0.1, -0.05) is 11.6 Å². The molecule has 0 aliphatic carbocycles. The molecule has 0 unspecified atom stereocenters. The number of nitro groups is 1. The number of carbonyl (C=O) groups excluding carboxylic acids is 3. The van der Waals surface area contributed by atoms with Crippen molar-refractivity contribution in [3.8, 4) is 11.5 Å². The van der Waals surface area contributed by atoms with Gasteiger partial charge in [-0.15, -0.1) is 0 Å². The van der Waals surface area contributed by atoms with Crippen LogP contribution in [0.3, 0.4) is 0 Å². The van der Waals surface area contributed by atoms with Crippen LogP contribution in [0.4, 0.5) is 10.5 Å². The third kappa shape index (κ3) is 6.16. The molecule has 14 heteroatoms. The van der Waals surface area contributed by atoms with E-state index in [1.165, 1.54) is 14.2 Å². The fourth-order valence-corrected chi connectivity index (χ4v) is 4.91. The molecule has 0 bridgehead atoms. The molecule has 2 saturated heterocycles. The normalized spacial score (nSPS) is 17.5. The Morgan fingerprint density at radius 3 is 2.35 bits per heavy atom. The number of nitrogens with one attached hydrogen (secondary N) is 3. The van der Waals surface area contributed by atoms with Crippen molar-refractivity contribution in [1.29, 1.82) is 0 Å². The number of halogens is 1. The van der Waals surface area contributed by atoms with Gasteiger partial charge in [-0.2, -0.15) is 0 Å². The molecule has 2 aliphatic rings. The molecule has 0 saturated carbocycles. The predicted octanol–water partition coefficient (Wildman–Crippen LogP) is 1.85. The van der Waals surface area contributed by atoms with Gasteiger partial charge < -0.3 is 35.1 Å². The Labute approximate surface area is 219 Å². The van der Waals surface area contributed by atoms with Gasteiger partial charge in [-0.3, -0.25) is 19.7 Å². The Kier molecular flexibility index (Phi) is 9.38. The highest BCUT2D eigenvalue weighted by molar-refractivity contribution is 6.33. The molecule has 13 nitrogen and oxygen atoms in total. The zero-order valence-electron chi connectivity index (χ0n) is 21.1. The van der Waals surface area contributed by atoms with E-state index in [1.807, 2.05) is 0 Å². The lowest BCUT2D eigenvalue weighted by Gasteiger charge is -2.39. The average Bonchev–Trinajstić information content (AvgIpc) is 2.88. The Bertz CT molecular complexity index is 1040. The molecule has 1 aromatic rings. The third-order valence-electron chi connectivity index (χ3n) is 6.60. The van der Waals surface area contributed by atoms with Crippen LogP contribution < -0.4 is 25.4 Å². The van der Waals surface area contributed by atoms with E-state index >= 15 is 0 Å². The third-order valence-corrected chi connectivity index (χ3v) is 6.88. The summed E-state index contributed by atoms with van der Waals surface area (Å²) < 4.78 is 15.5. The highest BCUT2D eigenvalue weighted by atomic mass is 35.5. The highest BCUT2D eigenvalue weighted by Crippen LogP contribution is 2.42. The summed E-state index contributed by atoms with van der Waals surface area (Å²) in [5.74, 6) is -1.57. The second-order valence-corrected chi connectivity index (χ2v) is 9.20. The SMILES string of the molecule is CCOC(=O)N1CCC(NC(=O)C2(NC(=O)c3c(OC)c(Cl)cc([N+](=O)[O-])c3OC)CCNCC2)CC1. The summed E-state index contributed by atoms with van der Waals surface area (Å²) in [7, 11) is 2.47. The summed E-state index contributed by atoms with van der Waals surface area (Å²) in [6.45, 7) is 3.84. The standard InChI is InChI=1S/C23H32ClN5O8/c1-4-37-22(32)28-11-5-14(6-12-28)26-21(31)23(7-9-25-10-8-23)27-20(30)17-18(35-2)15(24)13-16(29(33)34)19(17)36-3/h13-14,25H,4-12H2,1-3H3,(H,26,31)(H,27,30). The number of nitrogens with zero attached hydrogens (tertiary/aromatic N) is 2. The second-order valence-electron chi connectivity index (χ2n) is 8.80. The summed E-state index contributed by atoms with van der Waals surface area (Å²) in [5.41, 5.74) is -2.05. The molecule has 2 aliphatic heterocycles. The van der Waals surface area contributed by atoms with E-state index < -0.39 is 22.1 Å². The summed E-state index contributed by atoms with van der Waals surface area (Å²) in [5, 5.41) is 20.4. The first-order valence-corrected chi connectivity index (χ1v) is 12.4. The number of rotatable bonds is 8. The Hall–Kier alpha value is -3.32. The van der Waals surface area contributed by atoms with Gasteiger partial charge in [0.1, 0.15) is 11.1 Å². The van der Waals surface area contributed by atoms with Crippen LogP contribution >= 0.6 is 11.6 Å². The van der Waals surface area contributed by atoms with Crippen molar-refractivity contribution in [2.75, 3.05) is 47.0 Å². The Balaban J connectivity index is 1.83. The lowest BCUT2D eigenvalue weighted by molar-refractivity contribution is -0.385. The van der Waals surface area contributed by atoms with Gasteiger partial charge in [0.15, 0.2) is 5.75 Å². The number of carbonyl (C=O) groups is 3. The fraction of sp³-hybridized carbons (Fsp3) is 0.609. The molecule has 0 atom stereocenters. The zero-order chi connectivity index (χ0) is 27.2. The van der Waals surface area contributed by atoms with E-state index in [2.05, 4.69) is 16.0 Å². The molecule has 0 radical (unpaired) electrons. The summed E-state index contributed by atoms with van der Waals surface area (Å²) in [4.78, 5) is 51.6. The first-order valence-electron chi connectivity index (χ1n) is 12.0. The minimum Gasteiger partial charge on any atom is -0.494 e. The lowest BCUT2D eigenvalue weighted by atomic mass is 9.86. The first-order chi connectivity index (χ1) is 17.7. The van der Waals surface area contributed by atoms with Crippen molar-refractivity contribution in [3.63, 3.8) is 0 Å². The topological polar surface area (TPSA) is 161 Å². The van der Waals surface area contributed by atoms with Gasteiger partial charge in [0.25, 0.3) is 5.91 Å². The van der Waals surface area contributed by atoms with Crippen molar-refractivity contribution in [2.24, 2.45) is 0 Å². The number of likely N-dealkylation sites (tertiary alicyclic amines) is 1. The molecule has 1 aromatic carbocycles. The van der Waals surface area contributed by atoms with Gasteiger partial charge in [0.2, 0.25) is 11.7 Å². The van der Waals surface area contributed by atoms with Gasteiger partial charge in [0, 0.05) is 25.2 Å². The molecule has 204 valence electrons. The van der Waals surface area contributed by atoms with E-state index in [0.29, 0.717) is 51.9 Å². The Morgan fingerprint density at radius 2 is 1.81 bits per heavy atom. The van der Waals surface area contributed by atoms with E-state index in [9.17, 15) is 24.5 Å². The molecule has 3 N–H and O–H groups in total. The number of piperidine rings is 2. The molecule has 37 heavy (non-hydrogen) atoms. The van der Waals surface area contributed by atoms with E-state index in [-0.39, 0.29) is 46.7 Å². The number of benzene rings is 1. The first kappa shape index (κ1) is 28.3. The molecule has 0 aromatic heterocycles. The van der Waals surface area contributed by atoms with Gasteiger partial charge >= 0.3 is 11.8 Å². The van der Waals surface area contributed by atoms with Crippen LogP contribution in [0.15, 0.2) is 6.07 Å². The van der Waals surface area contributed by atoms with Gasteiger partial charge in [-0.05, 0) is 45.7 Å². The average molecular weight is 542 g/mol. The maximum Gasteiger partial charge on any atom is 0.409 e. The van der Waals surface area contributed by atoms with Crippen molar-refractivity contribution < 1.29 is 33.5 Å². The predicted molar refractivity (Wildman–Crippen MR) is 133 cm³/mol. The van der Waals surface area contributed by atoms with Crippen molar-refractivity contribution in [2.45, 2.75) is 44.2 Å². The summed E-state index contributed by atoms with van der Waals surface area (Å²) in [6.07, 6.45) is 1.27. The molecule has 3 rings (SSSR count). The van der Waals surface area contributed by atoms with E-state index in [0.717, 1.165) is 6.07 Å². The van der Waals surface area contributed by atoms with Crippen LogP contribution in [0, 0.1) is 10.1 Å². The molecule has 2 fully saturated rings. The second kappa shape index (κ2) is 12.3. The minimum absolute atomic E-state index is 0.0996. The fourth-order valence-electron chi connectivity index (χ4n) is 4.64. The summed E-state index contributed by atoms with van der Waals surface area (Å²) >= 11 is 6.18. The van der Waals surface area contributed by atoms with Crippen LogP contribution in [0.2, 0.25) is 5.02 Å². The lowest BCUT2D eigenvalue weighted by Crippen LogP contribution is -2.64. The van der Waals surface area contributed by atoms with Crippen LogP contribution in [0.1, 0.15) is 43.0 Å². The molecular formula is C23H32ClN5O8. The monoisotopic (exact) mass is 541 g/mol. The number of amides is 3. The van der Waals surface area contributed by atoms with E-state index in [1.54, 1.807) is 11.8 Å². The molecule has 0 spiro atoms. The number of nitro benzene ring substituents is 1. The molecule has 3 amide bonds. The van der Waals surface area contributed by atoms with Crippen molar-refractivity contribution >= 4 is 35.2 Å².